The topological polar surface area (TPSA) is 60.9 Å². The van der Waals surface area contributed by atoms with Crippen LogP contribution < -0.4 is 4.90 Å². The molecule has 0 aliphatic carbocycles. The molecule has 0 saturated carbocycles. The molecule has 0 radical (unpaired) electrons. The molecule has 2 amide bonds. The molecule has 3 rings (SSSR count). The van der Waals surface area contributed by atoms with Gasteiger partial charge in [0.2, 0.25) is 0 Å². The number of thiophene rings is 1. The SMILES string of the molecule is O=C(O)CC1CN(Cc2ccc(Cl)cc2Cl)C(=O)N(c2cccs2)C1. The third-order valence-corrected chi connectivity index (χ3v) is 5.51. The van der Waals surface area contributed by atoms with E-state index in [1.165, 1.54) is 11.3 Å². The Labute approximate surface area is 159 Å². The van der Waals surface area contributed by atoms with Crippen LogP contribution in [0.15, 0.2) is 35.7 Å². The summed E-state index contributed by atoms with van der Waals surface area (Å²) in [5, 5.41) is 12.9. The maximum absolute atomic E-state index is 12.9. The van der Waals surface area contributed by atoms with E-state index in [9.17, 15) is 9.59 Å². The Morgan fingerprint density at radius 2 is 2.08 bits per heavy atom. The van der Waals surface area contributed by atoms with E-state index in [-0.39, 0.29) is 18.4 Å². The van der Waals surface area contributed by atoms with E-state index >= 15 is 0 Å². The van der Waals surface area contributed by atoms with Crippen LogP contribution in [0.5, 0.6) is 0 Å². The summed E-state index contributed by atoms with van der Waals surface area (Å²) < 4.78 is 0. The van der Waals surface area contributed by atoms with E-state index in [0.29, 0.717) is 29.7 Å². The number of aliphatic carboxylic acids is 1. The van der Waals surface area contributed by atoms with Crippen molar-refractivity contribution in [3.05, 3.63) is 51.3 Å². The van der Waals surface area contributed by atoms with E-state index in [2.05, 4.69) is 0 Å². The summed E-state index contributed by atoms with van der Waals surface area (Å²) in [6, 6.07) is 8.74. The number of urea groups is 1. The molecule has 1 saturated heterocycles. The first-order valence-electron chi connectivity index (χ1n) is 7.69. The molecule has 25 heavy (non-hydrogen) atoms. The standard InChI is InChI=1S/C17H16Cl2N2O3S/c18-13-4-3-12(14(19)7-13)10-20-8-11(6-16(22)23)9-21(17(20)24)15-2-1-5-25-15/h1-5,7,11H,6,8-10H2,(H,22,23). The largest absolute Gasteiger partial charge is 0.481 e. The number of benzene rings is 1. The van der Waals surface area contributed by atoms with Gasteiger partial charge in [0.1, 0.15) is 0 Å². The molecule has 2 aromatic rings. The Kier molecular flexibility index (Phi) is 5.51. The first-order chi connectivity index (χ1) is 11.9. The van der Waals surface area contributed by atoms with Crippen LogP contribution in [0.1, 0.15) is 12.0 Å². The quantitative estimate of drug-likeness (QED) is 0.800. The average Bonchev–Trinajstić information content (AvgIpc) is 3.06. The van der Waals surface area contributed by atoms with Crippen LogP contribution in [0, 0.1) is 5.92 Å². The fraction of sp³-hybridized carbons (Fsp3) is 0.294. The highest BCUT2D eigenvalue weighted by Crippen LogP contribution is 2.30. The van der Waals surface area contributed by atoms with Crippen LogP contribution in [0.2, 0.25) is 10.0 Å². The number of carboxylic acids is 1. The maximum Gasteiger partial charge on any atom is 0.325 e. The molecule has 0 spiro atoms. The smallest absolute Gasteiger partial charge is 0.325 e. The zero-order valence-corrected chi connectivity index (χ0v) is 15.5. The fourth-order valence-electron chi connectivity index (χ4n) is 2.93. The molecule has 1 fully saturated rings. The highest BCUT2D eigenvalue weighted by Gasteiger charge is 2.34. The Morgan fingerprint density at radius 1 is 1.28 bits per heavy atom. The van der Waals surface area contributed by atoms with Crippen molar-refractivity contribution in [2.45, 2.75) is 13.0 Å². The predicted molar refractivity (Wildman–Crippen MR) is 99.7 cm³/mol. The summed E-state index contributed by atoms with van der Waals surface area (Å²) in [4.78, 5) is 27.3. The van der Waals surface area contributed by atoms with Crippen molar-refractivity contribution in [1.29, 1.82) is 0 Å². The summed E-state index contributed by atoms with van der Waals surface area (Å²) in [6.07, 6.45) is 0.0139. The third kappa shape index (κ3) is 4.26. The molecule has 1 N–H and O–H groups in total. The number of hydrogen-bond acceptors (Lipinski definition) is 3. The zero-order chi connectivity index (χ0) is 18.0. The number of carbonyl (C=O) groups excluding carboxylic acids is 1. The number of hydrogen-bond donors (Lipinski definition) is 1. The number of rotatable bonds is 5. The molecule has 1 aromatic carbocycles. The van der Waals surface area contributed by atoms with Gasteiger partial charge in [0.05, 0.1) is 11.4 Å². The summed E-state index contributed by atoms with van der Waals surface area (Å²) >= 11 is 13.6. The van der Waals surface area contributed by atoms with Gasteiger partial charge in [-0.3, -0.25) is 9.69 Å². The molecule has 8 heteroatoms. The first-order valence-corrected chi connectivity index (χ1v) is 9.33. The van der Waals surface area contributed by atoms with E-state index in [0.717, 1.165) is 10.6 Å². The summed E-state index contributed by atoms with van der Waals surface area (Å²) in [5.41, 5.74) is 0.779. The number of anilines is 1. The minimum absolute atomic E-state index is 0.0139. The lowest BCUT2D eigenvalue weighted by molar-refractivity contribution is -0.138. The average molecular weight is 399 g/mol. The van der Waals surface area contributed by atoms with Crippen molar-refractivity contribution in [2.75, 3.05) is 18.0 Å². The monoisotopic (exact) mass is 398 g/mol. The van der Waals surface area contributed by atoms with Crippen molar-refractivity contribution in [2.24, 2.45) is 5.92 Å². The fourth-order valence-corrected chi connectivity index (χ4v) is 4.13. The number of amides is 2. The molecule has 2 heterocycles. The Morgan fingerprint density at radius 3 is 2.72 bits per heavy atom. The van der Waals surface area contributed by atoms with Crippen molar-refractivity contribution in [3.63, 3.8) is 0 Å². The van der Waals surface area contributed by atoms with Gasteiger partial charge in [0.15, 0.2) is 0 Å². The molecular weight excluding hydrogens is 383 g/mol. The van der Waals surface area contributed by atoms with E-state index < -0.39 is 5.97 Å². The Hall–Kier alpha value is -1.76. The van der Waals surface area contributed by atoms with Gasteiger partial charge in [-0.2, -0.15) is 0 Å². The van der Waals surface area contributed by atoms with Crippen molar-refractivity contribution in [3.8, 4) is 0 Å². The number of carboxylic acid groups (broad SMARTS) is 1. The lowest BCUT2D eigenvalue weighted by Crippen LogP contribution is -2.53. The summed E-state index contributed by atoms with van der Waals surface area (Å²) in [7, 11) is 0. The number of carbonyl (C=O) groups is 2. The van der Waals surface area contributed by atoms with Gasteiger partial charge in [-0.1, -0.05) is 29.3 Å². The minimum atomic E-state index is -0.866. The third-order valence-electron chi connectivity index (χ3n) is 4.03. The predicted octanol–water partition coefficient (Wildman–Crippen LogP) is 4.59. The molecule has 1 aliphatic rings. The molecule has 1 aromatic heterocycles. The van der Waals surface area contributed by atoms with Crippen LogP contribution in [0.4, 0.5) is 9.80 Å². The summed E-state index contributed by atoms with van der Waals surface area (Å²) in [6.45, 7) is 1.09. The van der Waals surface area contributed by atoms with Gasteiger partial charge in [0.25, 0.3) is 0 Å². The molecular formula is C17H16Cl2N2O3S. The van der Waals surface area contributed by atoms with Crippen LogP contribution in [-0.4, -0.2) is 35.1 Å². The Bertz CT molecular complexity index is 782. The lowest BCUT2D eigenvalue weighted by atomic mass is 10.0. The molecule has 1 aliphatic heterocycles. The van der Waals surface area contributed by atoms with Crippen LogP contribution in [0.25, 0.3) is 0 Å². The van der Waals surface area contributed by atoms with Gasteiger partial charge in [-0.25, -0.2) is 4.79 Å². The van der Waals surface area contributed by atoms with Gasteiger partial charge in [0, 0.05) is 35.6 Å². The molecule has 1 atom stereocenters. The van der Waals surface area contributed by atoms with Crippen molar-refractivity contribution < 1.29 is 14.7 Å². The van der Waals surface area contributed by atoms with Gasteiger partial charge in [-0.15, -0.1) is 11.3 Å². The van der Waals surface area contributed by atoms with Gasteiger partial charge >= 0.3 is 12.0 Å². The molecule has 1 unspecified atom stereocenters. The maximum atomic E-state index is 12.9. The minimum Gasteiger partial charge on any atom is -0.481 e. The second-order valence-electron chi connectivity index (χ2n) is 5.92. The lowest BCUT2D eigenvalue weighted by Gasteiger charge is -2.39. The Balaban J connectivity index is 1.84. The number of nitrogens with zero attached hydrogens (tertiary/aromatic N) is 2. The van der Waals surface area contributed by atoms with Crippen LogP contribution in [0.3, 0.4) is 0 Å². The van der Waals surface area contributed by atoms with Crippen molar-refractivity contribution in [1.82, 2.24) is 4.90 Å². The van der Waals surface area contributed by atoms with Crippen molar-refractivity contribution >= 4 is 51.5 Å². The summed E-state index contributed by atoms with van der Waals surface area (Å²) in [5.74, 6) is -1.02. The highest BCUT2D eigenvalue weighted by atomic mass is 35.5. The zero-order valence-electron chi connectivity index (χ0n) is 13.2. The van der Waals surface area contributed by atoms with Gasteiger partial charge in [-0.05, 0) is 35.2 Å². The second kappa shape index (κ2) is 7.64. The van der Waals surface area contributed by atoms with Crippen LogP contribution in [-0.2, 0) is 11.3 Å². The van der Waals surface area contributed by atoms with E-state index in [1.54, 1.807) is 28.0 Å². The van der Waals surface area contributed by atoms with E-state index in [4.69, 9.17) is 28.3 Å². The molecule has 5 nitrogen and oxygen atoms in total. The first kappa shape index (κ1) is 18.0. The molecule has 132 valence electrons. The number of halogens is 2. The molecule has 0 bridgehead atoms. The normalized spacial score (nSPS) is 17.8. The second-order valence-corrected chi connectivity index (χ2v) is 7.69. The van der Waals surface area contributed by atoms with Gasteiger partial charge < -0.3 is 10.0 Å². The van der Waals surface area contributed by atoms with Crippen LogP contribution >= 0.6 is 34.5 Å². The highest BCUT2D eigenvalue weighted by molar-refractivity contribution is 7.14. The van der Waals surface area contributed by atoms with E-state index in [1.807, 2.05) is 17.5 Å².